The van der Waals surface area contributed by atoms with Crippen molar-refractivity contribution in [2.75, 3.05) is 5.32 Å². The summed E-state index contributed by atoms with van der Waals surface area (Å²) >= 11 is 4.71. The van der Waals surface area contributed by atoms with Gasteiger partial charge in [-0.15, -0.1) is 11.3 Å². The number of carbonyl (C=O) groups is 1. The number of nitrogens with zero attached hydrogens (tertiary/aromatic N) is 4. The molecule has 0 saturated heterocycles. The van der Waals surface area contributed by atoms with Gasteiger partial charge in [-0.25, -0.2) is 14.6 Å². The van der Waals surface area contributed by atoms with Crippen LogP contribution in [0.1, 0.15) is 9.67 Å². The fraction of sp³-hybridized carbons (Fsp3) is 0. The zero-order chi connectivity index (χ0) is 13.9. The monoisotopic (exact) mass is 349 g/mol. The molecule has 6 nitrogen and oxygen atoms in total. The molecule has 0 unspecified atom stereocenters. The number of amides is 1. The molecule has 1 amide bonds. The first kappa shape index (κ1) is 12.9. The lowest BCUT2D eigenvalue weighted by Crippen LogP contribution is -2.11. The van der Waals surface area contributed by atoms with Gasteiger partial charge in [0.2, 0.25) is 0 Å². The second kappa shape index (κ2) is 5.51. The van der Waals surface area contributed by atoms with Gasteiger partial charge in [0, 0.05) is 4.47 Å². The Kier molecular flexibility index (Phi) is 3.57. The predicted molar refractivity (Wildman–Crippen MR) is 79.1 cm³/mol. The third kappa shape index (κ3) is 2.61. The number of aromatic nitrogens is 4. The van der Waals surface area contributed by atoms with Crippen LogP contribution < -0.4 is 5.32 Å². The van der Waals surface area contributed by atoms with E-state index in [9.17, 15) is 4.79 Å². The maximum atomic E-state index is 12.0. The minimum Gasteiger partial charge on any atom is -0.320 e. The van der Waals surface area contributed by atoms with Gasteiger partial charge in [0.1, 0.15) is 17.5 Å². The van der Waals surface area contributed by atoms with Gasteiger partial charge in [-0.05, 0) is 39.5 Å². The summed E-state index contributed by atoms with van der Waals surface area (Å²) in [7, 11) is 0. The third-order valence-electron chi connectivity index (χ3n) is 2.48. The average Bonchev–Trinajstić information content (AvgIpc) is 3.10. The van der Waals surface area contributed by atoms with E-state index in [2.05, 4.69) is 36.3 Å². The molecule has 3 rings (SSSR count). The van der Waals surface area contributed by atoms with Crippen LogP contribution >= 0.6 is 27.3 Å². The molecule has 0 saturated carbocycles. The summed E-state index contributed by atoms with van der Waals surface area (Å²) < 4.78 is 2.33. The first-order chi connectivity index (χ1) is 9.74. The third-order valence-corrected chi connectivity index (χ3v) is 4.32. The Balaban J connectivity index is 1.76. The average molecular weight is 350 g/mol. The topological polar surface area (TPSA) is 72.7 Å². The summed E-state index contributed by atoms with van der Waals surface area (Å²) in [6.45, 7) is 0. The number of thiophene rings is 1. The molecule has 0 spiro atoms. The van der Waals surface area contributed by atoms with E-state index in [4.69, 9.17) is 0 Å². The Morgan fingerprint density at radius 3 is 2.85 bits per heavy atom. The van der Waals surface area contributed by atoms with Crippen LogP contribution in [0, 0.1) is 0 Å². The number of anilines is 1. The molecule has 0 bridgehead atoms. The van der Waals surface area contributed by atoms with Gasteiger partial charge in [0.25, 0.3) is 5.91 Å². The van der Waals surface area contributed by atoms with E-state index >= 15 is 0 Å². The normalized spacial score (nSPS) is 10.4. The molecule has 3 heterocycles. The summed E-state index contributed by atoms with van der Waals surface area (Å²) in [6.07, 6.45) is 4.57. The lowest BCUT2D eigenvalue weighted by Gasteiger charge is -2.05. The molecule has 3 aromatic heterocycles. The van der Waals surface area contributed by atoms with Crippen LogP contribution in [-0.2, 0) is 0 Å². The zero-order valence-corrected chi connectivity index (χ0v) is 12.4. The molecule has 0 aliphatic heterocycles. The Bertz CT molecular complexity index is 723. The zero-order valence-electron chi connectivity index (χ0n) is 10.0. The molecule has 0 aliphatic carbocycles. The van der Waals surface area contributed by atoms with Gasteiger partial charge in [-0.1, -0.05) is 0 Å². The molecule has 100 valence electrons. The number of rotatable bonds is 3. The number of carbonyl (C=O) groups excluding carboxylic acids is 1. The number of halogens is 1. The van der Waals surface area contributed by atoms with E-state index in [1.807, 2.05) is 11.4 Å². The van der Waals surface area contributed by atoms with Gasteiger partial charge in [-0.3, -0.25) is 4.79 Å². The molecule has 20 heavy (non-hydrogen) atoms. The number of hydrogen-bond donors (Lipinski definition) is 1. The molecular weight excluding hydrogens is 342 g/mol. The fourth-order valence-corrected chi connectivity index (χ4v) is 3.01. The Labute approximate surface area is 126 Å². The molecule has 0 aliphatic rings. The first-order valence-electron chi connectivity index (χ1n) is 5.59. The van der Waals surface area contributed by atoms with E-state index in [1.165, 1.54) is 17.7 Å². The predicted octanol–water partition coefficient (Wildman–Crippen LogP) is 2.74. The molecule has 0 fully saturated rings. The second-order valence-corrected chi connectivity index (χ2v) is 5.57. The highest BCUT2D eigenvalue weighted by molar-refractivity contribution is 9.10. The van der Waals surface area contributed by atoms with Crippen LogP contribution in [0.4, 0.5) is 5.69 Å². The van der Waals surface area contributed by atoms with Crippen molar-refractivity contribution >= 4 is 38.9 Å². The molecular formula is C12H8BrN5OS. The van der Waals surface area contributed by atoms with E-state index in [0.717, 1.165) is 4.47 Å². The second-order valence-electron chi connectivity index (χ2n) is 3.80. The molecule has 0 atom stereocenters. The highest BCUT2D eigenvalue weighted by atomic mass is 79.9. The summed E-state index contributed by atoms with van der Waals surface area (Å²) in [5.41, 5.74) is 0.624. The summed E-state index contributed by atoms with van der Waals surface area (Å²) in [5.74, 6) is 0.472. The highest BCUT2D eigenvalue weighted by Crippen LogP contribution is 2.23. The minimum absolute atomic E-state index is 0.165. The molecule has 0 aromatic carbocycles. The summed E-state index contributed by atoms with van der Waals surface area (Å²) in [5, 5.41) is 8.62. The van der Waals surface area contributed by atoms with Gasteiger partial charge >= 0.3 is 0 Å². The van der Waals surface area contributed by atoms with E-state index in [-0.39, 0.29) is 5.91 Å². The first-order valence-corrected chi connectivity index (χ1v) is 7.27. The van der Waals surface area contributed by atoms with Crippen LogP contribution in [0.2, 0.25) is 0 Å². The molecule has 1 N–H and O–H groups in total. The van der Waals surface area contributed by atoms with Crippen LogP contribution in [0.5, 0.6) is 0 Å². The van der Waals surface area contributed by atoms with Crippen molar-refractivity contribution in [1.29, 1.82) is 0 Å². The minimum atomic E-state index is -0.165. The SMILES string of the molecule is O=C(Nc1ccc(-n2cncn2)nc1)c1sccc1Br. The van der Waals surface area contributed by atoms with Crippen LogP contribution in [0.3, 0.4) is 0 Å². The lowest BCUT2D eigenvalue weighted by atomic mass is 10.3. The van der Waals surface area contributed by atoms with Crippen molar-refractivity contribution in [3.63, 3.8) is 0 Å². The van der Waals surface area contributed by atoms with E-state index in [1.54, 1.807) is 29.3 Å². The Morgan fingerprint density at radius 2 is 2.25 bits per heavy atom. The van der Waals surface area contributed by atoms with Crippen molar-refractivity contribution in [3.8, 4) is 5.82 Å². The smallest absolute Gasteiger partial charge is 0.266 e. The van der Waals surface area contributed by atoms with Gasteiger partial charge in [0.05, 0.1) is 11.9 Å². The van der Waals surface area contributed by atoms with Crippen molar-refractivity contribution in [1.82, 2.24) is 19.7 Å². The highest BCUT2D eigenvalue weighted by Gasteiger charge is 2.11. The lowest BCUT2D eigenvalue weighted by molar-refractivity contribution is 0.103. The van der Waals surface area contributed by atoms with Gasteiger partial charge in [0.15, 0.2) is 5.82 Å². The van der Waals surface area contributed by atoms with Crippen molar-refractivity contribution in [3.05, 3.63) is 51.8 Å². The van der Waals surface area contributed by atoms with E-state index < -0.39 is 0 Å². The quantitative estimate of drug-likeness (QED) is 0.788. The number of pyridine rings is 1. The van der Waals surface area contributed by atoms with Crippen molar-refractivity contribution in [2.45, 2.75) is 0 Å². The molecule has 0 radical (unpaired) electrons. The largest absolute Gasteiger partial charge is 0.320 e. The molecule has 8 heteroatoms. The Hall–Kier alpha value is -2.06. The summed E-state index contributed by atoms with van der Waals surface area (Å²) in [6, 6.07) is 5.36. The maximum Gasteiger partial charge on any atom is 0.266 e. The number of hydrogen-bond acceptors (Lipinski definition) is 5. The van der Waals surface area contributed by atoms with Crippen LogP contribution in [-0.4, -0.2) is 25.7 Å². The fourth-order valence-electron chi connectivity index (χ4n) is 1.57. The van der Waals surface area contributed by atoms with Crippen molar-refractivity contribution < 1.29 is 4.79 Å². The van der Waals surface area contributed by atoms with Gasteiger partial charge < -0.3 is 5.32 Å². The van der Waals surface area contributed by atoms with E-state index in [0.29, 0.717) is 16.4 Å². The standard InChI is InChI=1S/C12H8BrN5OS/c13-9-3-4-20-11(9)12(19)17-8-1-2-10(15-5-8)18-7-14-6-16-18/h1-7H,(H,17,19). The summed E-state index contributed by atoms with van der Waals surface area (Å²) in [4.78, 5) is 20.7. The van der Waals surface area contributed by atoms with Crippen molar-refractivity contribution in [2.24, 2.45) is 0 Å². The van der Waals surface area contributed by atoms with Crippen LogP contribution in [0.15, 0.2) is 46.9 Å². The number of nitrogens with one attached hydrogen (secondary N) is 1. The maximum absolute atomic E-state index is 12.0. The Morgan fingerprint density at radius 1 is 1.35 bits per heavy atom. The van der Waals surface area contributed by atoms with Gasteiger partial charge in [-0.2, -0.15) is 5.10 Å². The molecule has 3 aromatic rings. The van der Waals surface area contributed by atoms with Crippen LogP contribution in [0.25, 0.3) is 5.82 Å².